The zero-order valence-corrected chi connectivity index (χ0v) is 13.2. The maximum absolute atomic E-state index is 12.5. The Morgan fingerprint density at radius 3 is 2.62 bits per heavy atom. The third-order valence-corrected chi connectivity index (χ3v) is 4.14. The number of aromatic nitrogens is 1. The maximum Gasteiger partial charge on any atom is 0.252 e. The molecule has 112 valence electrons. The molecule has 0 unspecified atom stereocenters. The van der Waals surface area contributed by atoms with Gasteiger partial charge in [0.2, 0.25) is 0 Å². The maximum atomic E-state index is 12.5. The first-order valence-corrected chi connectivity index (χ1v) is 7.75. The molecule has 4 nitrogen and oxygen atoms in total. The summed E-state index contributed by atoms with van der Waals surface area (Å²) in [4.78, 5) is 16.7. The molecule has 1 aliphatic rings. The Kier molecular flexibility index (Phi) is 4.84. The summed E-state index contributed by atoms with van der Waals surface area (Å²) in [7, 11) is 0. The molecule has 0 aliphatic heterocycles. The Bertz CT molecular complexity index is 571. The molecule has 1 aromatic heterocycles. The summed E-state index contributed by atoms with van der Waals surface area (Å²) in [6, 6.07) is 5.59. The molecule has 0 spiro atoms. The van der Waals surface area contributed by atoms with Gasteiger partial charge in [0, 0.05) is 11.3 Å². The van der Waals surface area contributed by atoms with Crippen molar-refractivity contribution in [1.29, 1.82) is 5.26 Å². The number of hydrogen-bond acceptors (Lipinski definition) is 3. The summed E-state index contributed by atoms with van der Waals surface area (Å²) in [5.74, 6) is -0.0560. The summed E-state index contributed by atoms with van der Waals surface area (Å²) in [6.45, 7) is 4.00. The number of nitriles is 1. The van der Waals surface area contributed by atoms with Crippen molar-refractivity contribution in [3.05, 3.63) is 28.5 Å². The third-order valence-electron chi connectivity index (χ3n) is 3.94. The van der Waals surface area contributed by atoms with Crippen molar-refractivity contribution in [1.82, 2.24) is 10.3 Å². The first-order chi connectivity index (χ1) is 9.96. The minimum absolute atomic E-state index is 0.190. The summed E-state index contributed by atoms with van der Waals surface area (Å²) in [5.41, 5.74) is 0.518. The molecule has 0 atom stereocenters. The molecule has 21 heavy (non-hydrogen) atoms. The number of nitrogens with one attached hydrogen (secondary N) is 1. The molecule has 1 aliphatic carbocycles. The fourth-order valence-corrected chi connectivity index (χ4v) is 2.87. The van der Waals surface area contributed by atoms with Crippen LogP contribution in [0.5, 0.6) is 0 Å². The minimum Gasteiger partial charge on any atom is -0.334 e. The lowest BCUT2D eigenvalue weighted by Crippen LogP contribution is -2.48. The number of carbonyl (C=O) groups is 1. The van der Waals surface area contributed by atoms with Crippen molar-refractivity contribution in [3.8, 4) is 6.07 Å². The molecular weight excluding hydrogens is 286 g/mol. The van der Waals surface area contributed by atoms with E-state index < -0.39 is 5.54 Å². The van der Waals surface area contributed by atoms with E-state index >= 15 is 0 Å². The van der Waals surface area contributed by atoms with Crippen molar-refractivity contribution in [2.45, 2.75) is 57.4 Å². The summed E-state index contributed by atoms with van der Waals surface area (Å²) in [5, 5.41) is 12.6. The summed E-state index contributed by atoms with van der Waals surface area (Å²) >= 11 is 5.99. The molecule has 1 saturated carbocycles. The van der Waals surface area contributed by atoms with Gasteiger partial charge in [0.1, 0.15) is 10.7 Å². The number of pyridine rings is 1. The Morgan fingerprint density at radius 1 is 1.38 bits per heavy atom. The smallest absolute Gasteiger partial charge is 0.252 e. The Morgan fingerprint density at radius 2 is 2.05 bits per heavy atom. The van der Waals surface area contributed by atoms with Crippen LogP contribution in [0.25, 0.3) is 0 Å². The molecule has 0 radical (unpaired) electrons. The van der Waals surface area contributed by atoms with E-state index in [0.717, 1.165) is 25.0 Å². The molecule has 2 rings (SSSR count). The van der Waals surface area contributed by atoms with E-state index in [0.29, 0.717) is 23.6 Å². The largest absolute Gasteiger partial charge is 0.334 e. The van der Waals surface area contributed by atoms with Gasteiger partial charge in [-0.3, -0.25) is 4.79 Å². The molecular formula is C16H20ClN3O. The molecule has 1 heterocycles. The number of halogens is 1. The van der Waals surface area contributed by atoms with Crippen LogP contribution in [-0.2, 0) is 0 Å². The molecule has 1 N–H and O–H groups in total. The predicted molar refractivity (Wildman–Crippen MR) is 82.2 cm³/mol. The van der Waals surface area contributed by atoms with Crippen LogP contribution in [0.15, 0.2) is 12.1 Å². The second-order valence-corrected chi connectivity index (χ2v) is 6.35. The SMILES string of the molecule is CC(C)c1cc(C(=O)NC2(C#N)CCCCC2)cc(Cl)n1. The molecule has 0 bridgehead atoms. The van der Waals surface area contributed by atoms with Crippen LogP contribution in [0.2, 0.25) is 5.15 Å². The lowest BCUT2D eigenvalue weighted by atomic mass is 9.82. The monoisotopic (exact) mass is 305 g/mol. The van der Waals surface area contributed by atoms with Gasteiger partial charge in [-0.15, -0.1) is 0 Å². The molecule has 5 heteroatoms. The highest BCUT2D eigenvalue weighted by Gasteiger charge is 2.34. The van der Waals surface area contributed by atoms with Gasteiger partial charge in [-0.2, -0.15) is 5.26 Å². The van der Waals surface area contributed by atoms with Gasteiger partial charge in [0.05, 0.1) is 6.07 Å². The van der Waals surface area contributed by atoms with Crippen LogP contribution in [0.3, 0.4) is 0 Å². The standard InChI is InChI=1S/C16H20ClN3O/c1-11(2)13-8-12(9-14(17)19-13)15(21)20-16(10-18)6-4-3-5-7-16/h8-9,11H,3-7H2,1-2H3,(H,20,21). The molecule has 1 amide bonds. The third kappa shape index (κ3) is 3.74. The topological polar surface area (TPSA) is 65.8 Å². The summed E-state index contributed by atoms with van der Waals surface area (Å²) in [6.07, 6.45) is 4.50. The van der Waals surface area contributed by atoms with E-state index in [9.17, 15) is 10.1 Å². The fourth-order valence-electron chi connectivity index (χ4n) is 2.65. The Balaban J connectivity index is 2.22. The highest BCUT2D eigenvalue weighted by atomic mass is 35.5. The lowest BCUT2D eigenvalue weighted by molar-refractivity contribution is 0.0902. The Labute approximate surface area is 130 Å². The normalized spacial score (nSPS) is 17.3. The average molecular weight is 306 g/mol. The number of hydrogen-bond donors (Lipinski definition) is 1. The predicted octanol–water partition coefficient (Wildman–Crippen LogP) is 3.81. The van der Waals surface area contributed by atoms with Crippen molar-refractivity contribution in [3.63, 3.8) is 0 Å². The number of rotatable bonds is 3. The molecule has 0 saturated heterocycles. The lowest BCUT2D eigenvalue weighted by Gasteiger charge is -2.31. The van der Waals surface area contributed by atoms with E-state index in [-0.39, 0.29) is 11.8 Å². The van der Waals surface area contributed by atoms with Gasteiger partial charge in [-0.1, -0.05) is 44.7 Å². The van der Waals surface area contributed by atoms with Crippen LogP contribution in [0, 0.1) is 11.3 Å². The minimum atomic E-state index is -0.733. The first kappa shape index (κ1) is 15.8. The second-order valence-electron chi connectivity index (χ2n) is 5.97. The van der Waals surface area contributed by atoms with Crippen LogP contribution in [-0.4, -0.2) is 16.4 Å². The first-order valence-electron chi connectivity index (χ1n) is 7.37. The number of amides is 1. The van der Waals surface area contributed by atoms with E-state index in [2.05, 4.69) is 16.4 Å². The zero-order chi connectivity index (χ0) is 15.5. The number of nitrogens with zero attached hydrogens (tertiary/aromatic N) is 2. The van der Waals surface area contributed by atoms with Gasteiger partial charge in [-0.05, 0) is 30.9 Å². The van der Waals surface area contributed by atoms with Crippen LogP contribution in [0.4, 0.5) is 0 Å². The number of carbonyl (C=O) groups excluding carboxylic acids is 1. The van der Waals surface area contributed by atoms with Crippen LogP contribution >= 0.6 is 11.6 Å². The van der Waals surface area contributed by atoms with Crippen molar-refractivity contribution in [2.75, 3.05) is 0 Å². The quantitative estimate of drug-likeness (QED) is 0.863. The van der Waals surface area contributed by atoms with Crippen LogP contribution < -0.4 is 5.32 Å². The fraction of sp³-hybridized carbons (Fsp3) is 0.562. The van der Waals surface area contributed by atoms with E-state index in [1.807, 2.05) is 13.8 Å². The van der Waals surface area contributed by atoms with Crippen molar-refractivity contribution in [2.24, 2.45) is 0 Å². The highest BCUT2D eigenvalue weighted by Crippen LogP contribution is 2.28. The van der Waals surface area contributed by atoms with Gasteiger partial charge in [0.25, 0.3) is 5.91 Å². The average Bonchev–Trinajstić information content (AvgIpc) is 2.47. The van der Waals surface area contributed by atoms with E-state index in [4.69, 9.17) is 11.6 Å². The van der Waals surface area contributed by atoms with Gasteiger partial charge in [0.15, 0.2) is 0 Å². The molecule has 1 aromatic rings. The van der Waals surface area contributed by atoms with Gasteiger partial charge in [-0.25, -0.2) is 4.98 Å². The van der Waals surface area contributed by atoms with Crippen LogP contribution in [0.1, 0.15) is 67.9 Å². The van der Waals surface area contributed by atoms with Gasteiger partial charge >= 0.3 is 0 Å². The molecule has 1 fully saturated rings. The summed E-state index contributed by atoms with van der Waals surface area (Å²) < 4.78 is 0. The zero-order valence-electron chi connectivity index (χ0n) is 12.4. The Hall–Kier alpha value is -1.60. The van der Waals surface area contributed by atoms with Crippen molar-refractivity contribution < 1.29 is 4.79 Å². The highest BCUT2D eigenvalue weighted by molar-refractivity contribution is 6.29. The van der Waals surface area contributed by atoms with E-state index in [1.54, 1.807) is 12.1 Å². The van der Waals surface area contributed by atoms with Crippen molar-refractivity contribution >= 4 is 17.5 Å². The van der Waals surface area contributed by atoms with Gasteiger partial charge < -0.3 is 5.32 Å². The van der Waals surface area contributed by atoms with E-state index in [1.165, 1.54) is 0 Å². The molecule has 0 aromatic carbocycles. The second kappa shape index (κ2) is 6.44.